The van der Waals surface area contributed by atoms with Crippen molar-refractivity contribution in [1.82, 2.24) is 0 Å². The Morgan fingerprint density at radius 2 is 1.96 bits per heavy atom. The predicted octanol–water partition coefficient (Wildman–Crippen LogP) is 3.72. The molecule has 0 spiro atoms. The lowest BCUT2D eigenvalue weighted by atomic mass is 10.1. The molecule has 0 saturated carbocycles. The summed E-state index contributed by atoms with van der Waals surface area (Å²) in [6, 6.07) is 12.3. The molecule has 2 aliphatic heterocycles. The maximum absolute atomic E-state index is 13.4. The molecule has 142 valence electrons. The fraction of sp³-hybridized carbons (Fsp3) is 0.350. The van der Waals surface area contributed by atoms with Crippen molar-refractivity contribution in [2.75, 3.05) is 16.4 Å². The van der Waals surface area contributed by atoms with Gasteiger partial charge >= 0.3 is 0 Å². The van der Waals surface area contributed by atoms with Crippen LogP contribution in [-0.4, -0.2) is 37.2 Å². The van der Waals surface area contributed by atoms with Crippen molar-refractivity contribution in [1.29, 1.82) is 0 Å². The molecule has 4 nitrogen and oxygen atoms in total. The number of sulfone groups is 1. The molecule has 0 aliphatic carbocycles. The Bertz CT molecular complexity index is 1020. The molecule has 0 aromatic heterocycles. The van der Waals surface area contributed by atoms with Crippen molar-refractivity contribution in [3.05, 3.63) is 65.0 Å². The molecule has 2 atom stereocenters. The molecule has 0 radical (unpaired) electrons. The van der Waals surface area contributed by atoms with Crippen molar-refractivity contribution >= 4 is 32.5 Å². The maximum atomic E-state index is 13.4. The number of hydrogen-bond acceptors (Lipinski definition) is 5. The Hall–Kier alpha value is -1.86. The maximum Gasteiger partial charge on any atom is 0.164 e. The van der Waals surface area contributed by atoms with Crippen molar-refractivity contribution in [3.63, 3.8) is 0 Å². The van der Waals surface area contributed by atoms with Gasteiger partial charge in [-0.15, -0.1) is 0 Å². The monoisotopic (exact) mass is 404 g/mol. The van der Waals surface area contributed by atoms with Crippen LogP contribution in [0, 0.1) is 19.7 Å². The Labute approximate surface area is 163 Å². The summed E-state index contributed by atoms with van der Waals surface area (Å²) in [4.78, 5) is 6.79. The minimum atomic E-state index is -3.07. The first kappa shape index (κ1) is 18.5. The van der Waals surface area contributed by atoms with Crippen molar-refractivity contribution in [2.45, 2.75) is 31.7 Å². The van der Waals surface area contributed by atoms with E-state index in [0.717, 1.165) is 22.0 Å². The molecule has 2 aromatic carbocycles. The summed E-state index contributed by atoms with van der Waals surface area (Å²) in [7, 11) is -3.07. The van der Waals surface area contributed by atoms with E-state index in [-0.39, 0.29) is 29.4 Å². The van der Waals surface area contributed by atoms with Gasteiger partial charge < -0.3 is 4.90 Å². The molecule has 0 N–H and O–H groups in total. The van der Waals surface area contributed by atoms with Crippen LogP contribution in [0.4, 0.5) is 10.1 Å². The van der Waals surface area contributed by atoms with Crippen LogP contribution < -0.4 is 4.90 Å². The Kier molecular flexibility index (Phi) is 4.76. The molecular formula is C20H21FN2O2S2. The van der Waals surface area contributed by atoms with E-state index in [1.54, 1.807) is 6.07 Å². The summed E-state index contributed by atoms with van der Waals surface area (Å²) in [6.45, 7) is 4.11. The molecule has 27 heavy (non-hydrogen) atoms. The SMILES string of the molecule is Cc1ccc(N2C(SCc3cccc(F)c3)=N[C@H]3CS(=O)(=O)C[C@H]32)cc1C. The lowest BCUT2D eigenvalue weighted by molar-refractivity contribution is 0.601. The van der Waals surface area contributed by atoms with E-state index in [1.807, 2.05) is 12.1 Å². The normalized spacial score (nSPS) is 23.4. The van der Waals surface area contributed by atoms with E-state index in [2.05, 4.69) is 30.9 Å². The van der Waals surface area contributed by atoms with E-state index in [0.29, 0.717) is 5.75 Å². The fourth-order valence-electron chi connectivity index (χ4n) is 3.59. The van der Waals surface area contributed by atoms with Gasteiger partial charge in [0.15, 0.2) is 15.0 Å². The third-order valence-electron chi connectivity index (χ3n) is 5.13. The number of nitrogens with zero attached hydrogens (tertiary/aromatic N) is 2. The zero-order valence-electron chi connectivity index (χ0n) is 15.2. The van der Waals surface area contributed by atoms with Gasteiger partial charge in [0, 0.05) is 11.4 Å². The van der Waals surface area contributed by atoms with E-state index < -0.39 is 9.84 Å². The minimum Gasteiger partial charge on any atom is -0.315 e. The average Bonchev–Trinajstić information content (AvgIpc) is 3.07. The molecule has 2 heterocycles. The molecule has 1 saturated heterocycles. The second-order valence-corrected chi connectivity index (χ2v) is 10.3. The van der Waals surface area contributed by atoms with Crippen molar-refractivity contribution in [3.8, 4) is 0 Å². The zero-order valence-corrected chi connectivity index (χ0v) is 16.9. The number of amidine groups is 1. The van der Waals surface area contributed by atoms with Crippen LogP contribution in [0.15, 0.2) is 47.5 Å². The van der Waals surface area contributed by atoms with E-state index in [4.69, 9.17) is 4.99 Å². The Morgan fingerprint density at radius 1 is 1.15 bits per heavy atom. The largest absolute Gasteiger partial charge is 0.315 e. The van der Waals surface area contributed by atoms with Gasteiger partial charge in [-0.2, -0.15) is 0 Å². The van der Waals surface area contributed by atoms with Crippen LogP contribution in [0.25, 0.3) is 0 Å². The molecule has 2 aromatic rings. The standard InChI is InChI=1S/C20H21FN2O2S2/c1-13-6-7-17(8-14(13)2)23-19-12-27(24,25)11-18(19)22-20(23)26-10-15-4-3-5-16(21)9-15/h3-9,18-19H,10-12H2,1-2H3/t18-,19+/m0/s1. The van der Waals surface area contributed by atoms with Gasteiger partial charge in [0.25, 0.3) is 0 Å². The fourth-order valence-corrected chi connectivity index (χ4v) is 6.49. The number of rotatable bonds is 3. The van der Waals surface area contributed by atoms with E-state index in [9.17, 15) is 12.8 Å². The third kappa shape index (κ3) is 3.75. The number of benzene rings is 2. The number of hydrogen-bond donors (Lipinski definition) is 0. The first-order valence-corrected chi connectivity index (χ1v) is 11.6. The smallest absolute Gasteiger partial charge is 0.164 e. The molecule has 1 fully saturated rings. The van der Waals surface area contributed by atoms with E-state index >= 15 is 0 Å². The lowest BCUT2D eigenvalue weighted by Gasteiger charge is -2.27. The molecule has 2 aliphatic rings. The first-order chi connectivity index (χ1) is 12.8. The number of thioether (sulfide) groups is 1. The van der Waals surface area contributed by atoms with Crippen LogP contribution >= 0.6 is 11.8 Å². The molecule has 7 heteroatoms. The quantitative estimate of drug-likeness (QED) is 0.782. The van der Waals surface area contributed by atoms with Gasteiger partial charge in [-0.25, -0.2) is 12.8 Å². The molecule has 0 amide bonds. The Balaban J connectivity index is 1.64. The van der Waals surface area contributed by atoms with Gasteiger partial charge in [0.05, 0.1) is 23.6 Å². The molecule has 4 rings (SSSR count). The summed E-state index contributed by atoms with van der Waals surface area (Å²) in [5.41, 5.74) is 4.20. The second kappa shape index (κ2) is 6.95. The highest BCUT2D eigenvalue weighted by Gasteiger charge is 2.47. The summed E-state index contributed by atoms with van der Waals surface area (Å²) in [5.74, 6) is 0.557. The van der Waals surface area contributed by atoms with Crippen molar-refractivity contribution in [2.24, 2.45) is 4.99 Å². The second-order valence-electron chi connectivity index (χ2n) is 7.18. The lowest BCUT2D eigenvalue weighted by Crippen LogP contribution is -2.39. The van der Waals surface area contributed by atoms with E-state index in [1.165, 1.54) is 29.5 Å². The zero-order chi connectivity index (χ0) is 19.2. The van der Waals surface area contributed by atoms with Crippen molar-refractivity contribution < 1.29 is 12.8 Å². The number of fused-ring (bicyclic) bond motifs is 1. The molecular weight excluding hydrogens is 383 g/mol. The summed E-state index contributed by atoms with van der Waals surface area (Å²) in [6.07, 6.45) is 0. The number of halogens is 1. The van der Waals surface area contributed by atoms with Gasteiger partial charge in [-0.1, -0.05) is 30.0 Å². The summed E-state index contributed by atoms with van der Waals surface area (Å²) in [5, 5.41) is 0.812. The molecule has 0 bridgehead atoms. The third-order valence-corrected chi connectivity index (χ3v) is 7.87. The number of aryl methyl sites for hydroxylation is 2. The van der Waals surface area contributed by atoms with Crippen LogP contribution in [0.5, 0.6) is 0 Å². The van der Waals surface area contributed by atoms with Crippen LogP contribution in [0.3, 0.4) is 0 Å². The average molecular weight is 405 g/mol. The van der Waals surface area contributed by atoms with Crippen LogP contribution in [-0.2, 0) is 15.6 Å². The first-order valence-electron chi connectivity index (χ1n) is 8.84. The van der Waals surface area contributed by atoms with Crippen LogP contribution in [0.2, 0.25) is 0 Å². The summed E-state index contributed by atoms with van der Waals surface area (Å²) >= 11 is 1.53. The van der Waals surface area contributed by atoms with Gasteiger partial charge in [0.1, 0.15) is 5.82 Å². The molecule has 0 unspecified atom stereocenters. The van der Waals surface area contributed by atoms with Gasteiger partial charge in [-0.05, 0) is 54.8 Å². The van der Waals surface area contributed by atoms with Crippen LogP contribution in [0.1, 0.15) is 16.7 Å². The highest BCUT2D eigenvalue weighted by molar-refractivity contribution is 8.13. The Morgan fingerprint density at radius 3 is 2.70 bits per heavy atom. The van der Waals surface area contributed by atoms with Gasteiger partial charge in [-0.3, -0.25) is 4.99 Å². The summed E-state index contributed by atoms with van der Waals surface area (Å²) < 4.78 is 37.7. The highest BCUT2D eigenvalue weighted by Crippen LogP contribution is 2.36. The topological polar surface area (TPSA) is 49.7 Å². The van der Waals surface area contributed by atoms with Gasteiger partial charge in [0.2, 0.25) is 0 Å². The highest BCUT2D eigenvalue weighted by atomic mass is 32.2. The number of anilines is 1. The number of aliphatic imine (C=N–C) groups is 1. The predicted molar refractivity (Wildman–Crippen MR) is 110 cm³/mol. The minimum absolute atomic E-state index is 0.100.